The molecule has 0 saturated heterocycles. The lowest BCUT2D eigenvalue weighted by Gasteiger charge is -2.11. The molecule has 3 aromatic carbocycles. The number of hydrogen-bond acceptors (Lipinski definition) is 2. The van der Waals surface area contributed by atoms with Crippen molar-refractivity contribution in [2.45, 2.75) is 26.8 Å². The van der Waals surface area contributed by atoms with Crippen LogP contribution in [0.15, 0.2) is 48.5 Å². The summed E-state index contributed by atoms with van der Waals surface area (Å²) in [7, 11) is 1.68. The fourth-order valence-corrected chi connectivity index (χ4v) is 3.90. The van der Waals surface area contributed by atoms with E-state index in [4.69, 9.17) is 10.5 Å². The molecule has 0 atom stereocenters. The maximum atomic E-state index is 12.0. The predicted molar refractivity (Wildman–Crippen MR) is 113 cm³/mol. The first kappa shape index (κ1) is 18.1. The lowest BCUT2D eigenvalue weighted by Crippen LogP contribution is -2.11. The molecule has 4 rings (SSSR count). The topological polar surface area (TPSA) is 57.2 Å². The van der Waals surface area contributed by atoms with E-state index >= 15 is 0 Å². The molecule has 4 heteroatoms. The van der Waals surface area contributed by atoms with Gasteiger partial charge < -0.3 is 15.0 Å². The summed E-state index contributed by atoms with van der Waals surface area (Å²) in [6.45, 7) is 4.86. The van der Waals surface area contributed by atoms with Crippen LogP contribution in [0.25, 0.3) is 21.8 Å². The van der Waals surface area contributed by atoms with E-state index in [0.29, 0.717) is 12.1 Å². The van der Waals surface area contributed by atoms with Crippen LogP contribution in [0.4, 0.5) is 0 Å². The lowest BCUT2D eigenvalue weighted by atomic mass is 10.0. The molecule has 0 unspecified atom stereocenters. The first-order chi connectivity index (χ1) is 13.5. The van der Waals surface area contributed by atoms with Gasteiger partial charge in [-0.1, -0.05) is 31.2 Å². The summed E-state index contributed by atoms with van der Waals surface area (Å²) in [5, 5.41) is 1.81. The Morgan fingerprint density at radius 2 is 1.96 bits per heavy atom. The van der Waals surface area contributed by atoms with E-state index in [1.807, 2.05) is 31.2 Å². The van der Waals surface area contributed by atoms with Crippen molar-refractivity contribution >= 4 is 27.7 Å². The minimum absolute atomic E-state index is 0.419. The first-order valence-electron chi connectivity index (χ1n) is 9.42. The normalized spacial score (nSPS) is 11.2. The number of nitrogens with two attached hydrogens (primary N) is 1. The lowest BCUT2D eigenvalue weighted by molar-refractivity contribution is 0.100. The van der Waals surface area contributed by atoms with Crippen LogP contribution in [0.1, 0.15) is 34.0 Å². The number of fused-ring (bicyclic) bond motifs is 3. The van der Waals surface area contributed by atoms with Crippen LogP contribution in [0.3, 0.4) is 0 Å². The fourth-order valence-electron chi connectivity index (χ4n) is 3.90. The third-order valence-corrected chi connectivity index (χ3v) is 5.33. The van der Waals surface area contributed by atoms with Crippen molar-refractivity contribution in [3.05, 3.63) is 76.9 Å². The second-order valence-corrected chi connectivity index (χ2v) is 7.08. The number of ether oxygens (including phenoxy) is 1. The number of benzene rings is 3. The van der Waals surface area contributed by atoms with Gasteiger partial charge in [0.1, 0.15) is 5.75 Å². The Morgan fingerprint density at radius 1 is 1.14 bits per heavy atom. The van der Waals surface area contributed by atoms with Crippen LogP contribution < -0.4 is 10.5 Å². The zero-order valence-electron chi connectivity index (χ0n) is 16.4. The molecule has 0 aliphatic rings. The molecule has 28 heavy (non-hydrogen) atoms. The molecule has 1 radical (unpaired) electrons. The molecule has 0 aliphatic heterocycles. The standard InChI is InChI=1S/C24H23N2O2/c1-4-16-8-10-18-21(13-16)26(14-17-9-11-22(28-3)15(2)12-17)20-7-5-6-19(23(18)20)24(25)27/h5-9,11-13H,4,14H2,1-3H3,(H2,25,27). The van der Waals surface area contributed by atoms with Gasteiger partial charge in [0, 0.05) is 22.9 Å². The third kappa shape index (κ3) is 2.91. The molecule has 0 aliphatic carbocycles. The highest BCUT2D eigenvalue weighted by atomic mass is 16.5. The molecule has 0 saturated carbocycles. The van der Waals surface area contributed by atoms with Crippen molar-refractivity contribution in [1.29, 1.82) is 0 Å². The Morgan fingerprint density at radius 3 is 2.64 bits per heavy atom. The number of aromatic nitrogens is 1. The van der Waals surface area contributed by atoms with Gasteiger partial charge >= 0.3 is 0 Å². The zero-order valence-corrected chi connectivity index (χ0v) is 16.4. The second-order valence-electron chi connectivity index (χ2n) is 7.08. The van der Waals surface area contributed by atoms with Gasteiger partial charge in [-0.3, -0.25) is 4.79 Å². The van der Waals surface area contributed by atoms with Gasteiger partial charge in [0.2, 0.25) is 5.91 Å². The van der Waals surface area contributed by atoms with Crippen molar-refractivity contribution < 1.29 is 9.53 Å². The Hall–Kier alpha value is -3.27. The summed E-state index contributed by atoms with van der Waals surface area (Å²) >= 11 is 0. The smallest absolute Gasteiger partial charge is 0.249 e. The van der Waals surface area contributed by atoms with E-state index < -0.39 is 5.91 Å². The highest BCUT2D eigenvalue weighted by Gasteiger charge is 2.17. The van der Waals surface area contributed by atoms with Crippen molar-refractivity contribution in [2.24, 2.45) is 5.73 Å². The summed E-state index contributed by atoms with van der Waals surface area (Å²) in [6, 6.07) is 19.5. The maximum Gasteiger partial charge on any atom is 0.249 e. The van der Waals surface area contributed by atoms with Gasteiger partial charge in [0.15, 0.2) is 0 Å². The summed E-state index contributed by atoms with van der Waals surface area (Å²) in [6.07, 6.45) is 0.929. The van der Waals surface area contributed by atoms with Gasteiger partial charge in [-0.2, -0.15) is 0 Å². The number of methoxy groups -OCH3 is 1. The predicted octanol–water partition coefficient (Wildman–Crippen LogP) is 4.62. The quantitative estimate of drug-likeness (QED) is 0.556. The Labute approximate surface area is 164 Å². The molecule has 4 nitrogen and oxygen atoms in total. The monoisotopic (exact) mass is 371 g/mol. The van der Waals surface area contributed by atoms with E-state index in [0.717, 1.165) is 39.5 Å². The van der Waals surface area contributed by atoms with Crippen molar-refractivity contribution in [2.75, 3.05) is 7.11 Å². The minimum Gasteiger partial charge on any atom is -0.496 e. The number of carbonyl (C=O) groups excluding carboxylic acids is 1. The number of aryl methyl sites for hydroxylation is 2. The minimum atomic E-state index is -0.419. The molecule has 1 amide bonds. The molecule has 4 aromatic rings. The molecule has 1 heterocycles. The molecular weight excluding hydrogens is 348 g/mol. The highest BCUT2D eigenvalue weighted by molar-refractivity contribution is 6.17. The maximum absolute atomic E-state index is 12.0. The Bertz CT molecular complexity index is 1200. The van der Waals surface area contributed by atoms with Gasteiger partial charge in [0.25, 0.3) is 0 Å². The molecule has 0 spiro atoms. The molecule has 0 fully saturated rings. The third-order valence-electron chi connectivity index (χ3n) is 5.33. The van der Waals surface area contributed by atoms with Crippen LogP contribution >= 0.6 is 0 Å². The molecule has 0 bridgehead atoms. The zero-order chi connectivity index (χ0) is 19.8. The van der Waals surface area contributed by atoms with Crippen molar-refractivity contribution in [1.82, 2.24) is 4.57 Å². The SMILES string of the molecule is CCc1c[c]c2c3c(C(N)=O)cccc3n(Cc3ccc(OC)c(C)c3)c2c1. The fraction of sp³-hybridized carbons (Fsp3) is 0.208. The van der Waals surface area contributed by atoms with E-state index in [1.54, 1.807) is 13.2 Å². The van der Waals surface area contributed by atoms with Crippen molar-refractivity contribution in [3.63, 3.8) is 0 Å². The number of primary amides is 1. The van der Waals surface area contributed by atoms with Crippen molar-refractivity contribution in [3.8, 4) is 5.75 Å². The first-order valence-corrected chi connectivity index (χ1v) is 9.42. The van der Waals surface area contributed by atoms with Gasteiger partial charge in [0.05, 0.1) is 18.1 Å². The summed E-state index contributed by atoms with van der Waals surface area (Å²) in [5.74, 6) is 0.460. The molecular formula is C24H23N2O2. The molecule has 141 valence electrons. The van der Waals surface area contributed by atoms with Gasteiger partial charge in [-0.25, -0.2) is 0 Å². The van der Waals surface area contributed by atoms with Crippen LogP contribution in [-0.4, -0.2) is 17.6 Å². The van der Waals surface area contributed by atoms with E-state index in [1.165, 1.54) is 11.1 Å². The second kappa shape index (κ2) is 7.04. The number of rotatable bonds is 5. The summed E-state index contributed by atoms with van der Waals surface area (Å²) in [5.41, 5.74) is 11.7. The van der Waals surface area contributed by atoms with Crippen LogP contribution in [0.5, 0.6) is 5.75 Å². The summed E-state index contributed by atoms with van der Waals surface area (Å²) < 4.78 is 7.63. The highest BCUT2D eigenvalue weighted by Crippen LogP contribution is 2.33. The van der Waals surface area contributed by atoms with Crippen LogP contribution in [-0.2, 0) is 13.0 Å². The Kier molecular flexibility index (Phi) is 4.55. The van der Waals surface area contributed by atoms with Crippen LogP contribution in [0, 0.1) is 13.0 Å². The van der Waals surface area contributed by atoms with Gasteiger partial charge in [-0.15, -0.1) is 0 Å². The largest absolute Gasteiger partial charge is 0.496 e. The molecule has 1 aromatic heterocycles. The number of amides is 1. The summed E-state index contributed by atoms with van der Waals surface area (Å²) in [4.78, 5) is 12.0. The Balaban J connectivity index is 1.98. The van der Waals surface area contributed by atoms with Crippen LogP contribution in [0.2, 0.25) is 0 Å². The van der Waals surface area contributed by atoms with E-state index in [-0.39, 0.29) is 0 Å². The van der Waals surface area contributed by atoms with E-state index in [9.17, 15) is 4.79 Å². The van der Waals surface area contributed by atoms with E-state index in [2.05, 4.69) is 35.8 Å². The number of carbonyl (C=O) groups is 1. The molecule has 2 N–H and O–H groups in total. The average Bonchev–Trinajstić information content (AvgIpc) is 3.01. The average molecular weight is 371 g/mol. The number of nitrogens with zero attached hydrogens (tertiary/aromatic N) is 1. The van der Waals surface area contributed by atoms with Gasteiger partial charge in [-0.05, 0) is 60.4 Å². The number of hydrogen-bond donors (Lipinski definition) is 1.